The summed E-state index contributed by atoms with van der Waals surface area (Å²) < 4.78 is 34.9. The van der Waals surface area contributed by atoms with Crippen LogP contribution in [0.15, 0.2) is 29.2 Å². The molecule has 0 heterocycles. The topological polar surface area (TPSA) is 102 Å². The van der Waals surface area contributed by atoms with E-state index in [0.29, 0.717) is 18.6 Å². The molecule has 1 fully saturated rings. The number of nitrogens with one attached hydrogen (secondary N) is 1. The Morgan fingerprint density at radius 2 is 2.04 bits per heavy atom. The Morgan fingerprint density at radius 1 is 1.36 bits per heavy atom. The first kappa shape index (κ1) is 19.5. The predicted molar refractivity (Wildman–Crippen MR) is 92.4 cm³/mol. The van der Waals surface area contributed by atoms with Crippen molar-refractivity contribution >= 4 is 15.9 Å². The minimum absolute atomic E-state index is 0.0328. The number of sulfone groups is 1. The van der Waals surface area contributed by atoms with Gasteiger partial charge >= 0.3 is 6.09 Å². The summed E-state index contributed by atoms with van der Waals surface area (Å²) >= 11 is 0. The third-order valence-electron chi connectivity index (χ3n) is 3.42. The van der Waals surface area contributed by atoms with Gasteiger partial charge in [0.2, 0.25) is 0 Å². The highest BCUT2D eigenvalue weighted by Crippen LogP contribution is 2.34. The van der Waals surface area contributed by atoms with Crippen LogP contribution in [0.3, 0.4) is 0 Å². The standard InChI is InChI=1S/C17H25NO6S/c1-17(2,3)24-16(20)18-10-12(19)11-23-13-5-4-6-15(9-13)25(21,22)14-7-8-14/h4-6,9,12,14,19H,7-8,10-11H2,1-3H3,(H,18,20). The molecular formula is C17H25NO6S. The van der Waals surface area contributed by atoms with Crippen molar-refractivity contribution in [2.24, 2.45) is 0 Å². The minimum atomic E-state index is -3.28. The van der Waals surface area contributed by atoms with Crippen LogP contribution in [0.5, 0.6) is 5.75 Å². The number of alkyl carbamates (subject to hydrolysis) is 1. The van der Waals surface area contributed by atoms with E-state index >= 15 is 0 Å². The van der Waals surface area contributed by atoms with Gasteiger partial charge in [-0.15, -0.1) is 0 Å². The smallest absolute Gasteiger partial charge is 0.407 e. The molecule has 1 saturated carbocycles. The van der Waals surface area contributed by atoms with Gasteiger partial charge in [0, 0.05) is 0 Å². The van der Waals surface area contributed by atoms with Gasteiger partial charge in [0.25, 0.3) is 0 Å². The highest BCUT2D eigenvalue weighted by atomic mass is 32.2. The van der Waals surface area contributed by atoms with Gasteiger partial charge in [-0.3, -0.25) is 0 Å². The number of amides is 1. The quantitative estimate of drug-likeness (QED) is 0.759. The molecule has 0 radical (unpaired) electrons. The van der Waals surface area contributed by atoms with E-state index in [9.17, 15) is 18.3 Å². The first-order valence-corrected chi connectivity index (χ1v) is 9.74. The molecule has 1 aromatic rings. The van der Waals surface area contributed by atoms with Gasteiger partial charge in [-0.2, -0.15) is 0 Å². The Labute approximate surface area is 148 Å². The minimum Gasteiger partial charge on any atom is -0.491 e. The molecule has 0 bridgehead atoms. The molecule has 7 nitrogen and oxygen atoms in total. The van der Waals surface area contributed by atoms with Gasteiger partial charge in [0.1, 0.15) is 24.1 Å². The van der Waals surface area contributed by atoms with Crippen molar-refractivity contribution in [3.8, 4) is 5.75 Å². The van der Waals surface area contributed by atoms with E-state index in [1.807, 2.05) is 0 Å². The van der Waals surface area contributed by atoms with Crippen LogP contribution >= 0.6 is 0 Å². The molecule has 1 atom stereocenters. The first-order valence-electron chi connectivity index (χ1n) is 8.19. The first-order chi connectivity index (χ1) is 11.6. The fraction of sp³-hybridized carbons (Fsp3) is 0.588. The molecule has 0 saturated heterocycles. The number of hydrogen-bond acceptors (Lipinski definition) is 6. The highest BCUT2D eigenvalue weighted by molar-refractivity contribution is 7.92. The summed E-state index contributed by atoms with van der Waals surface area (Å²) in [6.07, 6.45) is -0.175. The number of hydrogen-bond donors (Lipinski definition) is 2. The second-order valence-corrected chi connectivity index (χ2v) is 9.29. The van der Waals surface area contributed by atoms with Crippen LogP contribution in [-0.2, 0) is 14.6 Å². The van der Waals surface area contributed by atoms with Crippen LogP contribution in [0.2, 0.25) is 0 Å². The van der Waals surface area contributed by atoms with E-state index in [-0.39, 0.29) is 23.3 Å². The summed E-state index contributed by atoms with van der Waals surface area (Å²) in [5.74, 6) is 0.359. The van der Waals surface area contributed by atoms with Crippen LogP contribution in [-0.4, -0.2) is 49.7 Å². The zero-order valence-electron chi connectivity index (χ0n) is 14.7. The molecule has 1 amide bonds. The monoisotopic (exact) mass is 371 g/mol. The number of carbonyl (C=O) groups excluding carboxylic acids is 1. The van der Waals surface area contributed by atoms with Crippen molar-refractivity contribution < 1.29 is 27.8 Å². The van der Waals surface area contributed by atoms with Crippen molar-refractivity contribution in [2.75, 3.05) is 13.2 Å². The summed E-state index contributed by atoms with van der Waals surface area (Å²) in [6.45, 7) is 5.12. The van der Waals surface area contributed by atoms with Crippen LogP contribution in [0.1, 0.15) is 33.6 Å². The second kappa shape index (κ2) is 7.61. The average Bonchev–Trinajstić information content (AvgIpc) is 3.35. The summed E-state index contributed by atoms with van der Waals surface area (Å²) in [5, 5.41) is 12.0. The van der Waals surface area contributed by atoms with Crippen LogP contribution in [0.4, 0.5) is 4.79 Å². The second-order valence-electron chi connectivity index (χ2n) is 7.07. The van der Waals surface area contributed by atoms with Crippen molar-refractivity contribution in [3.05, 3.63) is 24.3 Å². The molecule has 25 heavy (non-hydrogen) atoms. The number of aliphatic hydroxyl groups excluding tert-OH is 1. The molecule has 0 spiro atoms. The maximum absolute atomic E-state index is 12.2. The molecule has 0 aromatic heterocycles. The number of benzene rings is 1. The molecule has 2 rings (SSSR count). The van der Waals surface area contributed by atoms with E-state index < -0.39 is 27.6 Å². The Bertz CT molecular complexity index is 706. The number of carbonyl (C=O) groups is 1. The molecule has 1 unspecified atom stereocenters. The van der Waals surface area contributed by atoms with Crippen molar-refractivity contribution in [1.29, 1.82) is 0 Å². The van der Waals surface area contributed by atoms with Crippen LogP contribution in [0, 0.1) is 0 Å². The molecule has 0 aliphatic heterocycles. The van der Waals surface area contributed by atoms with E-state index in [4.69, 9.17) is 9.47 Å². The maximum Gasteiger partial charge on any atom is 0.407 e. The van der Waals surface area contributed by atoms with Gasteiger partial charge in [-0.1, -0.05) is 6.07 Å². The zero-order chi connectivity index (χ0) is 18.7. The van der Waals surface area contributed by atoms with Gasteiger partial charge in [0.15, 0.2) is 9.84 Å². The third kappa shape index (κ3) is 6.21. The fourth-order valence-electron chi connectivity index (χ4n) is 2.08. The Hall–Kier alpha value is -1.80. The Kier molecular flexibility index (Phi) is 5.95. The molecule has 1 aliphatic carbocycles. The fourth-order valence-corrected chi connectivity index (χ4v) is 3.77. The van der Waals surface area contributed by atoms with Crippen molar-refractivity contribution in [3.63, 3.8) is 0 Å². The zero-order valence-corrected chi connectivity index (χ0v) is 15.5. The van der Waals surface area contributed by atoms with E-state index in [0.717, 1.165) is 0 Å². The lowest BCUT2D eigenvalue weighted by atomic mass is 10.2. The van der Waals surface area contributed by atoms with Gasteiger partial charge in [-0.05, 0) is 51.8 Å². The molecular weight excluding hydrogens is 346 g/mol. The summed E-state index contributed by atoms with van der Waals surface area (Å²) in [5.41, 5.74) is -0.612. The lowest BCUT2D eigenvalue weighted by molar-refractivity contribution is 0.0463. The van der Waals surface area contributed by atoms with Crippen LogP contribution < -0.4 is 10.1 Å². The van der Waals surface area contributed by atoms with Crippen LogP contribution in [0.25, 0.3) is 0 Å². The lowest BCUT2D eigenvalue weighted by Crippen LogP contribution is -2.38. The van der Waals surface area contributed by atoms with E-state index in [2.05, 4.69) is 5.32 Å². The van der Waals surface area contributed by atoms with Gasteiger partial charge in [0.05, 0.1) is 16.7 Å². The summed E-state index contributed by atoms with van der Waals surface area (Å²) in [7, 11) is -3.28. The Morgan fingerprint density at radius 3 is 2.64 bits per heavy atom. The summed E-state index contributed by atoms with van der Waals surface area (Å²) in [4.78, 5) is 11.7. The highest BCUT2D eigenvalue weighted by Gasteiger charge is 2.36. The SMILES string of the molecule is CC(C)(C)OC(=O)NCC(O)COc1cccc(S(=O)(=O)C2CC2)c1. The van der Waals surface area contributed by atoms with E-state index in [1.54, 1.807) is 39.0 Å². The predicted octanol–water partition coefficient (Wildman–Crippen LogP) is 1.89. The molecule has 140 valence electrons. The number of ether oxygens (including phenoxy) is 2. The number of aliphatic hydroxyl groups is 1. The Balaban J connectivity index is 1.82. The van der Waals surface area contributed by atoms with E-state index in [1.165, 1.54) is 6.07 Å². The largest absolute Gasteiger partial charge is 0.491 e. The van der Waals surface area contributed by atoms with Gasteiger partial charge < -0.3 is 19.9 Å². The molecule has 1 aliphatic rings. The average molecular weight is 371 g/mol. The third-order valence-corrected chi connectivity index (χ3v) is 5.68. The summed E-state index contributed by atoms with van der Waals surface area (Å²) in [6, 6.07) is 6.23. The molecule has 1 aromatic carbocycles. The van der Waals surface area contributed by atoms with Crippen molar-refractivity contribution in [1.82, 2.24) is 5.32 Å². The lowest BCUT2D eigenvalue weighted by Gasteiger charge is -2.20. The van der Waals surface area contributed by atoms with Crippen molar-refractivity contribution in [2.45, 2.75) is 55.5 Å². The number of rotatable bonds is 7. The normalized spacial score (nSPS) is 16.2. The molecule has 2 N–H and O–H groups in total. The van der Waals surface area contributed by atoms with Gasteiger partial charge in [-0.25, -0.2) is 13.2 Å². The molecule has 8 heteroatoms. The maximum atomic E-state index is 12.2.